The van der Waals surface area contributed by atoms with Crippen LogP contribution in [0.25, 0.3) is 0 Å². The average molecular weight is 311 g/mol. The molecule has 0 heterocycles. The number of rotatable bonds is 3. The Kier molecular flexibility index (Phi) is 6.90. The molecule has 0 bridgehead atoms. The van der Waals surface area contributed by atoms with Gasteiger partial charge in [0.2, 0.25) is 6.43 Å². The zero-order valence-electron chi connectivity index (χ0n) is 7.89. The van der Waals surface area contributed by atoms with Gasteiger partial charge in [-0.1, -0.05) is 34.8 Å². The molecule has 0 amide bonds. The van der Waals surface area contributed by atoms with E-state index in [-0.39, 0.29) is 22.5 Å². The summed E-state index contributed by atoms with van der Waals surface area (Å²) in [4.78, 5) is 0. The van der Waals surface area contributed by atoms with Gasteiger partial charge in [0.1, 0.15) is 0 Å². The van der Waals surface area contributed by atoms with Crippen molar-refractivity contribution in [1.29, 1.82) is 0 Å². The Bertz CT molecular complexity index is 360. The molecule has 0 saturated heterocycles. The maximum Gasteiger partial charge on any atom is 0.240 e. The van der Waals surface area contributed by atoms with E-state index in [1.54, 1.807) is 0 Å². The predicted molar refractivity (Wildman–Crippen MR) is 66.3 cm³/mol. The largest absolute Gasteiger partial charge is 0.324 e. The summed E-state index contributed by atoms with van der Waals surface area (Å²) in [6.45, 7) is 0. The monoisotopic (exact) mass is 309 g/mol. The first-order valence-electron chi connectivity index (χ1n) is 4.10. The Morgan fingerprint density at radius 2 is 1.75 bits per heavy atom. The maximum atomic E-state index is 12.1. The fraction of sp³-hybridized carbons (Fsp3) is 0.333. The topological polar surface area (TPSA) is 26.0 Å². The van der Waals surface area contributed by atoms with Gasteiger partial charge in [-0.15, -0.1) is 12.4 Å². The summed E-state index contributed by atoms with van der Waals surface area (Å²) in [5.74, 6) is 0. The third-order valence-corrected chi connectivity index (χ3v) is 2.89. The quantitative estimate of drug-likeness (QED) is 0.803. The zero-order valence-corrected chi connectivity index (χ0v) is 11.0. The molecule has 7 heteroatoms. The molecule has 0 aliphatic heterocycles. The summed E-state index contributed by atoms with van der Waals surface area (Å²) in [6, 6.07) is 2.01. The Hall–Kier alpha value is 0.200. The Morgan fingerprint density at radius 3 is 2.25 bits per heavy atom. The van der Waals surface area contributed by atoms with Crippen LogP contribution in [0.1, 0.15) is 18.0 Å². The van der Waals surface area contributed by atoms with Crippen molar-refractivity contribution in [3.63, 3.8) is 0 Å². The Morgan fingerprint density at radius 1 is 1.19 bits per heavy atom. The molecule has 1 aromatic rings. The SMILES string of the molecule is Cl.N[C@H](CC(F)F)c1cc(Cl)cc(Cl)c1Cl. The zero-order chi connectivity index (χ0) is 11.6. The van der Waals surface area contributed by atoms with Crippen LogP contribution >= 0.6 is 47.2 Å². The highest BCUT2D eigenvalue weighted by Gasteiger charge is 2.17. The second kappa shape index (κ2) is 6.82. The lowest BCUT2D eigenvalue weighted by Gasteiger charge is -2.14. The predicted octanol–water partition coefficient (Wildman–Crippen LogP) is 4.72. The van der Waals surface area contributed by atoms with Crippen molar-refractivity contribution in [3.8, 4) is 0 Å². The number of hydrogen-bond acceptors (Lipinski definition) is 1. The molecule has 0 fully saturated rings. The minimum absolute atomic E-state index is 0. The Labute approximate surface area is 113 Å². The first-order chi connectivity index (χ1) is 6.91. The van der Waals surface area contributed by atoms with Gasteiger partial charge in [0, 0.05) is 17.5 Å². The molecule has 1 rings (SSSR count). The van der Waals surface area contributed by atoms with Gasteiger partial charge in [-0.25, -0.2) is 8.78 Å². The number of halogens is 6. The maximum absolute atomic E-state index is 12.1. The fourth-order valence-electron chi connectivity index (χ4n) is 1.16. The normalized spacial score (nSPS) is 12.4. The number of alkyl halides is 2. The van der Waals surface area contributed by atoms with Crippen molar-refractivity contribution >= 4 is 47.2 Å². The highest BCUT2D eigenvalue weighted by atomic mass is 35.5. The molecule has 0 aliphatic rings. The van der Waals surface area contributed by atoms with Crippen LogP contribution in [0, 0.1) is 0 Å². The molecule has 1 atom stereocenters. The first kappa shape index (κ1) is 16.2. The van der Waals surface area contributed by atoms with Gasteiger partial charge in [0.05, 0.1) is 10.0 Å². The molecule has 92 valence electrons. The van der Waals surface area contributed by atoms with Gasteiger partial charge in [-0.05, 0) is 17.7 Å². The highest BCUT2D eigenvalue weighted by molar-refractivity contribution is 6.43. The van der Waals surface area contributed by atoms with Crippen LogP contribution in [0.4, 0.5) is 8.78 Å². The van der Waals surface area contributed by atoms with E-state index in [1.807, 2.05) is 0 Å². The summed E-state index contributed by atoms with van der Waals surface area (Å²) in [5, 5.41) is 0.710. The summed E-state index contributed by atoms with van der Waals surface area (Å²) in [7, 11) is 0. The smallest absolute Gasteiger partial charge is 0.240 e. The van der Waals surface area contributed by atoms with Crippen molar-refractivity contribution in [2.45, 2.75) is 18.9 Å². The van der Waals surface area contributed by atoms with Gasteiger partial charge in [0.15, 0.2) is 0 Å². The molecule has 1 nitrogen and oxygen atoms in total. The summed E-state index contributed by atoms with van der Waals surface area (Å²) < 4.78 is 24.2. The van der Waals surface area contributed by atoms with Crippen LogP contribution in [-0.4, -0.2) is 6.43 Å². The van der Waals surface area contributed by atoms with Crippen LogP contribution in [0.15, 0.2) is 12.1 Å². The van der Waals surface area contributed by atoms with Crippen molar-refractivity contribution in [2.24, 2.45) is 5.73 Å². The molecule has 1 aromatic carbocycles. The van der Waals surface area contributed by atoms with Gasteiger partial charge >= 0.3 is 0 Å². The van der Waals surface area contributed by atoms with Crippen LogP contribution < -0.4 is 5.73 Å². The second-order valence-electron chi connectivity index (χ2n) is 3.02. The molecule has 0 spiro atoms. The molecule has 0 aromatic heterocycles. The molecule has 2 N–H and O–H groups in total. The number of hydrogen-bond donors (Lipinski definition) is 1. The lowest BCUT2D eigenvalue weighted by atomic mass is 10.1. The van der Waals surface area contributed by atoms with E-state index >= 15 is 0 Å². The van der Waals surface area contributed by atoms with Crippen LogP contribution in [0.5, 0.6) is 0 Å². The van der Waals surface area contributed by atoms with E-state index in [0.29, 0.717) is 10.6 Å². The highest BCUT2D eigenvalue weighted by Crippen LogP contribution is 2.34. The van der Waals surface area contributed by atoms with Crippen molar-refractivity contribution in [1.82, 2.24) is 0 Å². The van der Waals surface area contributed by atoms with Gasteiger partial charge < -0.3 is 5.73 Å². The van der Waals surface area contributed by atoms with Crippen LogP contribution in [0.3, 0.4) is 0 Å². The van der Waals surface area contributed by atoms with Gasteiger partial charge in [-0.2, -0.15) is 0 Å². The summed E-state index contributed by atoms with van der Waals surface area (Å²) in [6.07, 6.45) is -2.97. The number of nitrogens with two attached hydrogens (primary N) is 1. The standard InChI is InChI=1S/C9H8Cl3F2N.ClH/c10-4-1-5(7(15)3-8(13)14)9(12)6(11)2-4;/h1-2,7-8H,3,15H2;1H/t7-;/m1./s1. The van der Waals surface area contributed by atoms with E-state index < -0.39 is 18.9 Å². The van der Waals surface area contributed by atoms with E-state index in [1.165, 1.54) is 12.1 Å². The molecule has 16 heavy (non-hydrogen) atoms. The van der Waals surface area contributed by atoms with Crippen LogP contribution in [-0.2, 0) is 0 Å². The first-order valence-corrected chi connectivity index (χ1v) is 5.23. The average Bonchev–Trinajstić information content (AvgIpc) is 2.09. The molecule has 0 saturated carbocycles. The second-order valence-corrected chi connectivity index (χ2v) is 4.25. The summed E-state index contributed by atoms with van der Waals surface area (Å²) >= 11 is 17.3. The van der Waals surface area contributed by atoms with Gasteiger partial charge in [-0.3, -0.25) is 0 Å². The van der Waals surface area contributed by atoms with E-state index in [0.717, 1.165) is 0 Å². The number of benzene rings is 1. The van der Waals surface area contributed by atoms with Crippen molar-refractivity contribution in [3.05, 3.63) is 32.8 Å². The van der Waals surface area contributed by atoms with E-state index in [9.17, 15) is 8.78 Å². The lowest BCUT2D eigenvalue weighted by molar-refractivity contribution is 0.128. The van der Waals surface area contributed by atoms with Crippen molar-refractivity contribution < 1.29 is 8.78 Å². The van der Waals surface area contributed by atoms with Crippen molar-refractivity contribution in [2.75, 3.05) is 0 Å². The third kappa shape index (κ3) is 4.22. The Balaban J connectivity index is 0.00000225. The molecular formula is C9H9Cl4F2N. The minimum Gasteiger partial charge on any atom is -0.324 e. The minimum atomic E-state index is -2.49. The van der Waals surface area contributed by atoms with Crippen LogP contribution in [0.2, 0.25) is 15.1 Å². The van der Waals surface area contributed by atoms with Gasteiger partial charge in [0.25, 0.3) is 0 Å². The molecule has 0 aliphatic carbocycles. The lowest BCUT2D eigenvalue weighted by Crippen LogP contribution is -2.14. The van der Waals surface area contributed by atoms with E-state index in [4.69, 9.17) is 40.5 Å². The fourth-order valence-corrected chi connectivity index (χ4v) is 1.92. The summed E-state index contributed by atoms with van der Waals surface area (Å²) in [5.41, 5.74) is 5.89. The molecule has 0 unspecified atom stereocenters. The molecular weight excluding hydrogens is 302 g/mol. The third-order valence-electron chi connectivity index (χ3n) is 1.85. The molecule has 0 radical (unpaired) electrons. The van der Waals surface area contributed by atoms with E-state index in [2.05, 4.69) is 0 Å².